The summed E-state index contributed by atoms with van der Waals surface area (Å²) in [7, 11) is 0. The number of pyridine rings is 1. The van der Waals surface area contributed by atoms with E-state index in [1.807, 2.05) is 0 Å². The van der Waals surface area contributed by atoms with Crippen molar-refractivity contribution in [2.45, 2.75) is 12.8 Å². The van der Waals surface area contributed by atoms with E-state index in [4.69, 9.17) is 0 Å². The molecule has 9 heteroatoms. The second-order valence-corrected chi connectivity index (χ2v) is 6.69. The van der Waals surface area contributed by atoms with E-state index >= 15 is 0 Å². The summed E-state index contributed by atoms with van der Waals surface area (Å²) >= 11 is -2.35. The fourth-order valence-corrected chi connectivity index (χ4v) is 3.36. The summed E-state index contributed by atoms with van der Waals surface area (Å²) in [6.07, 6.45) is 5.83. The van der Waals surface area contributed by atoms with E-state index < -0.39 is 11.3 Å². The molecule has 1 aromatic rings. The maximum absolute atomic E-state index is 12.6. The molecule has 1 N–H and O–H groups in total. The molecule has 0 saturated carbocycles. The molecular weight excluding hydrogens is 356 g/mol. The number of piperazine rings is 1. The predicted octanol–water partition coefficient (Wildman–Crippen LogP) is 0.354. The van der Waals surface area contributed by atoms with Crippen molar-refractivity contribution < 1.29 is 18.4 Å². The Morgan fingerprint density at radius 2 is 1.73 bits per heavy atom. The van der Waals surface area contributed by atoms with E-state index in [2.05, 4.69) is 9.71 Å². The van der Waals surface area contributed by atoms with Gasteiger partial charge in [0.1, 0.15) is 5.69 Å². The molecule has 26 heavy (non-hydrogen) atoms. The van der Waals surface area contributed by atoms with Crippen LogP contribution in [-0.2, 0) is 16.1 Å². The average Bonchev–Trinajstić information content (AvgIpc) is 2.68. The predicted molar refractivity (Wildman–Crippen MR) is 94.2 cm³/mol. The van der Waals surface area contributed by atoms with E-state index in [9.17, 15) is 18.4 Å². The van der Waals surface area contributed by atoms with Crippen LogP contribution in [0, 0.1) is 0 Å². The molecule has 0 radical (unpaired) electrons. The van der Waals surface area contributed by atoms with E-state index in [0.717, 1.165) is 0 Å². The Hall–Kier alpha value is -2.52. The highest BCUT2D eigenvalue weighted by molar-refractivity contribution is 7.77. The van der Waals surface area contributed by atoms with Crippen molar-refractivity contribution in [3.63, 3.8) is 0 Å². The minimum atomic E-state index is -2.35. The monoisotopic (exact) mass is 375 g/mol. The second kappa shape index (κ2) is 8.24. The zero-order valence-electron chi connectivity index (χ0n) is 14.1. The van der Waals surface area contributed by atoms with Crippen LogP contribution in [0.2, 0.25) is 0 Å². The fraction of sp³-hybridized carbons (Fsp3) is 0.353. The van der Waals surface area contributed by atoms with E-state index in [1.165, 1.54) is 0 Å². The molecule has 1 unspecified atom stereocenters. The quantitative estimate of drug-likeness (QED) is 0.765. The van der Waals surface area contributed by atoms with Gasteiger partial charge in [-0.1, -0.05) is 12.1 Å². The Balaban J connectivity index is 1.56. The minimum absolute atomic E-state index is 0.0616. The van der Waals surface area contributed by atoms with Crippen LogP contribution in [0.3, 0.4) is 0 Å². The van der Waals surface area contributed by atoms with Crippen molar-refractivity contribution in [2.75, 3.05) is 26.2 Å². The van der Waals surface area contributed by atoms with Crippen LogP contribution in [0.1, 0.15) is 23.3 Å². The maximum Gasteiger partial charge on any atom is 0.272 e. The summed E-state index contributed by atoms with van der Waals surface area (Å²) in [6, 6.07) is 5.21. The van der Waals surface area contributed by atoms with Gasteiger partial charge < -0.3 is 19.1 Å². The van der Waals surface area contributed by atoms with Gasteiger partial charge in [0.25, 0.3) is 5.91 Å². The number of allylic oxidation sites excluding steroid dienone is 3. The van der Waals surface area contributed by atoms with Crippen LogP contribution < -0.4 is 4.72 Å². The average molecular weight is 375 g/mol. The summed E-state index contributed by atoms with van der Waals surface area (Å²) in [6.45, 7) is 1.86. The number of amides is 2. The number of hydrogen-bond donors (Lipinski definition) is 1. The Labute approximate surface area is 154 Å². The first kappa shape index (κ1) is 18.3. The van der Waals surface area contributed by atoms with Crippen molar-refractivity contribution in [2.24, 2.45) is 0 Å². The van der Waals surface area contributed by atoms with Gasteiger partial charge in [-0.05, 0) is 31.1 Å². The van der Waals surface area contributed by atoms with Crippen molar-refractivity contribution in [3.8, 4) is 0 Å². The molecule has 0 bridgehead atoms. The zero-order valence-corrected chi connectivity index (χ0v) is 14.9. The normalized spacial score (nSPS) is 18.7. The third-order valence-corrected chi connectivity index (χ3v) is 4.81. The first-order valence-electron chi connectivity index (χ1n) is 8.30. The van der Waals surface area contributed by atoms with E-state index in [-0.39, 0.29) is 11.8 Å². The minimum Gasteiger partial charge on any atom is -0.755 e. The Bertz CT molecular complexity index is 770. The number of nitrogens with zero attached hydrogens (tertiary/aromatic N) is 3. The largest absolute Gasteiger partial charge is 0.755 e. The highest BCUT2D eigenvalue weighted by Gasteiger charge is 2.27. The maximum atomic E-state index is 12.6. The molecule has 3 rings (SSSR count). The van der Waals surface area contributed by atoms with Crippen LogP contribution >= 0.6 is 0 Å². The molecule has 1 aliphatic heterocycles. The van der Waals surface area contributed by atoms with E-state index in [1.54, 1.807) is 46.3 Å². The highest BCUT2D eigenvalue weighted by atomic mass is 32.2. The summed E-state index contributed by atoms with van der Waals surface area (Å²) < 4.78 is 23.6. The van der Waals surface area contributed by atoms with Gasteiger partial charge in [0.05, 0.1) is 0 Å². The van der Waals surface area contributed by atoms with Crippen molar-refractivity contribution in [1.29, 1.82) is 0 Å². The molecular formula is C17H19N4O4S-. The zero-order chi connectivity index (χ0) is 18.5. The Morgan fingerprint density at radius 3 is 2.27 bits per heavy atom. The Morgan fingerprint density at radius 1 is 1.04 bits per heavy atom. The lowest BCUT2D eigenvalue weighted by Gasteiger charge is -2.35. The first-order chi connectivity index (χ1) is 12.5. The highest BCUT2D eigenvalue weighted by Crippen LogP contribution is 2.20. The fourth-order valence-electron chi connectivity index (χ4n) is 2.97. The molecule has 1 aliphatic carbocycles. The van der Waals surface area contributed by atoms with Crippen LogP contribution in [-0.4, -0.2) is 61.5 Å². The van der Waals surface area contributed by atoms with Gasteiger partial charge in [-0.3, -0.25) is 18.8 Å². The third-order valence-electron chi connectivity index (χ3n) is 4.38. The lowest BCUT2D eigenvalue weighted by Crippen LogP contribution is -2.51. The Kier molecular flexibility index (Phi) is 5.79. The smallest absolute Gasteiger partial charge is 0.272 e. The molecule has 8 nitrogen and oxygen atoms in total. The summed E-state index contributed by atoms with van der Waals surface area (Å²) in [5, 5.41) is 0. The number of hydrogen-bond acceptors (Lipinski definition) is 5. The third kappa shape index (κ3) is 4.36. The lowest BCUT2D eigenvalue weighted by molar-refractivity contribution is -0.128. The van der Waals surface area contributed by atoms with Gasteiger partial charge >= 0.3 is 0 Å². The first-order valence-corrected chi connectivity index (χ1v) is 9.37. The number of rotatable bonds is 4. The van der Waals surface area contributed by atoms with E-state index in [0.29, 0.717) is 56.0 Å². The summed E-state index contributed by atoms with van der Waals surface area (Å²) in [5.41, 5.74) is 1.63. The van der Waals surface area contributed by atoms with Crippen LogP contribution in [0.25, 0.3) is 0 Å². The molecule has 1 aromatic heterocycles. The summed E-state index contributed by atoms with van der Waals surface area (Å²) in [5.74, 6) is -0.188. The lowest BCUT2D eigenvalue weighted by atomic mass is 10.0. The van der Waals surface area contributed by atoms with Crippen LogP contribution in [0.15, 0.2) is 47.8 Å². The second-order valence-electron chi connectivity index (χ2n) is 6.02. The molecule has 138 valence electrons. The van der Waals surface area contributed by atoms with Gasteiger partial charge in [0.2, 0.25) is 5.91 Å². The van der Waals surface area contributed by atoms with Crippen molar-refractivity contribution >= 4 is 23.1 Å². The van der Waals surface area contributed by atoms with Crippen LogP contribution in [0.5, 0.6) is 0 Å². The molecule has 0 aromatic carbocycles. The number of aromatic nitrogens is 1. The number of carbonyl (C=O) groups is 2. The molecule has 2 amide bonds. The van der Waals surface area contributed by atoms with Gasteiger partial charge in [-0.25, -0.2) is 0 Å². The molecule has 2 aliphatic rings. The molecule has 1 atom stereocenters. The van der Waals surface area contributed by atoms with Gasteiger partial charge in [0, 0.05) is 54.9 Å². The van der Waals surface area contributed by atoms with Gasteiger partial charge in [-0.2, -0.15) is 0 Å². The van der Waals surface area contributed by atoms with Crippen LogP contribution in [0.4, 0.5) is 0 Å². The van der Waals surface area contributed by atoms with Gasteiger partial charge in [0.15, 0.2) is 0 Å². The molecule has 1 fully saturated rings. The molecule has 1 saturated heterocycles. The van der Waals surface area contributed by atoms with Crippen molar-refractivity contribution in [1.82, 2.24) is 19.5 Å². The SMILES string of the molecule is O=C(C1=CC=C(NS(=O)[O-])CC1)N1CCN(C(=O)c2ccccn2)CC1. The number of carbonyl (C=O) groups excluding carboxylic acids is 2. The summed E-state index contributed by atoms with van der Waals surface area (Å²) in [4.78, 5) is 32.5. The topological polar surface area (TPSA) is 106 Å². The number of nitrogens with one attached hydrogen (secondary N) is 1. The van der Waals surface area contributed by atoms with Gasteiger partial charge in [-0.15, -0.1) is 0 Å². The van der Waals surface area contributed by atoms with Crippen molar-refractivity contribution in [3.05, 3.63) is 53.5 Å². The molecule has 2 heterocycles. The standard InChI is InChI=1S/C17H20N4O4S/c22-16(13-4-6-14(7-5-13)19-26(24)25)20-9-11-21(12-10-20)17(23)15-3-1-2-8-18-15/h1-4,6,8,19H,5,7,9-12H2,(H,24,25)/p-1. The molecule has 0 spiro atoms.